The highest BCUT2D eigenvalue weighted by molar-refractivity contribution is 5.85. The molecule has 0 aromatic carbocycles. The van der Waals surface area contributed by atoms with Crippen LogP contribution in [-0.2, 0) is 0 Å². The van der Waals surface area contributed by atoms with E-state index in [0.29, 0.717) is 5.92 Å². The van der Waals surface area contributed by atoms with Crippen LogP contribution in [0.15, 0.2) is 12.1 Å². The monoisotopic (exact) mass is 242 g/mol. The van der Waals surface area contributed by atoms with Gasteiger partial charge in [0.15, 0.2) is 5.82 Å². The molecule has 1 aliphatic heterocycles. The molecule has 2 heterocycles. The minimum absolute atomic E-state index is 0. The summed E-state index contributed by atoms with van der Waals surface area (Å²) >= 11 is 0. The summed E-state index contributed by atoms with van der Waals surface area (Å²) in [7, 11) is 0. The van der Waals surface area contributed by atoms with E-state index in [2.05, 4.69) is 15.1 Å². The van der Waals surface area contributed by atoms with E-state index in [4.69, 9.17) is 5.73 Å². The predicted octanol–water partition coefficient (Wildman–Crippen LogP) is 1.38. The van der Waals surface area contributed by atoms with Crippen LogP contribution in [0.2, 0.25) is 0 Å². The van der Waals surface area contributed by atoms with Crippen molar-refractivity contribution in [2.24, 2.45) is 11.7 Å². The first-order valence-corrected chi connectivity index (χ1v) is 5.55. The van der Waals surface area contributed by atoms with Crippen molar-refractivity contribution in [3.8, 4) is 0 Å². The van der Waals surface area contributed by atoms with Gasteiger partial charge in [0.1, 0.15) is 0 Å². The summed E-state index contributed by atoms with van der Waals surface area (Å²) in [6.45, 7) is 4.83. The number of hydrogen-bond donors (Lipinski definition) is 1. The number of nitrogens with two attached hydrogens (primary N) is 1. The third kappa shape index (κ3) is 3.06. The number of piperidine rings is 1. The summed E-state index contributed by atoms with van der Waals surface area (Å²) in [5.74, 6) is 1.60. The number of rotatable bonds is 2. The summed E-state index contributed by atoms with van der Waals surface area (Å²) in [5.41, 5.74) is 6.67. The van der Waals surface area contributed by atoms with Crippen molar-refractivity contribution in [2.75, 3.05) is 24.5 Å². The van der Waals surface area contributed by atoms with Gasteiger partial charge in [-0.1, -0.05) is 0 Å². The van der Waals surface area contributed by atoms with Crippen LogP contribution >= 0.6 is 12.4 Å². The SMILES string of the molecule is Cc1ccc(N2CCCC(CN)C2)nn1.Cl. The lowest BCUT2D eigenvalue weighted by Gasteiger charge is -2.32. The lowest BCUT2D eigenvalue weighted by Crippen LogP contribution is -2.38. The molecule has 2 rings (SSSR count). The number of anilines is 1. The van der Waals surface area contributed by atoms with E-state index < -0.39 is 0 Å². The van der Waals surface area contributed by atoms with Gasteiger partial charge >= 0.3 is 0 Å². The second kappa shape index (κ2) is 6.01. The quantitative estimate of drug-likeness (QED) is 0.852. The minimum Gasteiger partial charge on any atom is -0.355 e. The zero-order valence-corrected chi connectivity index (χ0v) is 10.4. The molecule has 0 bridgehead atoms. The maximum atomic E-state index is 5.70. The first-order chi connectivity index (χ1) is 7.29. The fourth-order valence-corrected chi connectivity index (χ4v) is 2.03. The van der Waals surface area contributed by atoms with Crippen LogP contribution in [0.3, 0.4) is 0 Å². The maximum absolute atomic E-state index is 5.70. The average molecular weight is 243 g/mol. The average Bonchev–Trinajstić information content (AvgIpc) is 2.30. The van der Waals surface area contributed by atoms with Crippen molar-refractivity contribution in [1.29, 1.82) is 0 Å². The zero-order chi connectivity index (χ0) is 10.7. The van der Waals surface area contributed by atoms with E-state index in [1.165, 1.54) is 12.8 Å². The van der Waals surface area contributed by atoms with Crippen LogP contribution in [0.1, 0.15) is 18.5 Å². The van der Waals surface area contributed by atoms with E-state index in [0.717, 1.165) is 31.1 Å². The van der Waals surface area contributed by atoms with E-state index in [-0.39, 0.29) is 12.4 Å². The number of hydrogen-bond acceptors (Lipinski definition) is 4. The van der Waals surface area contributed by atoms with Crippen LogP contribution in [0.4, 0.5) is 5.82 Å². The smallest absolute Gasteiger partial charge is 0.151 e. The van der Waals surface area contributed by atoms with Crippen LogP contribution in [0.5, 0.6) is 0 Å². The molecular weight excluding hydrogens is 224 g/mol. The topological polar surface area (TPSA) is 55.0 Å². The number of halogens is 1. The van der Waals surface area contributed by atoms with Gasteiger partial charge in [0, 0.05) is 13.1 Å². The van der Waals surface area contributed by atoms with Crippen molar-refractivity contribution < 1.29 is 0 Å². The number of aromatic nitrogens is 2. The highest BCUT2D eigenvalue weighted by Crippen LogP contribution is 2.20. The van der Waals surface area contributed by atoms with Crippen molar-refractivity contribution >= 4 is 18.2 Å². The Morgan fingerprint density at radius 2 is 2.25 bits per heavy atom. The molecule has 1 fully saturated rings. The van der Waals surface area contributed by atoms with E-state index >= 15 is 0 Å². The first-order valence-electron chi connectivity index (χ1n) is 5.55. The van der Waals surface area contributed by atoms with Gasteiger partial charge in [-0.25, -0.2) is 0 Å². The molecule has 0 aliphatic carbocycles. The molecule has 2 N–H and O–H groups in total. The fraction of sp³-hybridized carbons (Fsp3) is 0.636. The van der Waals surface area contributed by atoms with Crippen molar-refractivity contribution in [1.82, 2.24) is 10.2 Å². The second-order valence-corrected chi connectivity index (χ2v) is 4.22. The molecule has 1 aromatic heterocycles. The Labute approximate surface area is 103 Å². The van der Waals surface area contributed by atoms with Gasteiger partial charge in [0.25, 0.3) is 0 Å². The van der Waals surface area contributed by atoms with Crippen LogP contribution in [0, 0.1) is 12.8 Å². The molecule has 4 nitrogen and oxygen atoms in total. The molecule has 16 heavy (non-hydrogen) atoms. The Kier molecular flexibility index (Phi) is 4.96. The molecule has 1 atom stereocenters. The van der Waals surface area contributed by atoms with Crippen molar-refractivity contribution in [3.05, 3.63) is 17.8 Å². The van der Waals surface area contributed by atoms with Crippen LogP contribution in [-0.4, -0.2) is 29.8 Å². The van der Waals surface area contributed by atoms with Gasteiger partial charge < -0.3 is 10.6 Å². The molecule has 1 unspecified atom stereocenters. The normalized spacial score (nSPS) is 20.4. The van der Waals surface area contributed by atoms with Gasteiger partial charge in [-0.2, -0.15) is 5.10 Å². The Morgan fingerprint density at radius 3 is 2.88 bits per heavy atom. The number of aryl methyl sites for hydroxylation is 1. The molecule has 1 aromatic rings. The summed E-state index contributed by atoms with van der Waals surface area (Å²) in [5, 5.41) is 8.29. The summed E-state index contributed by atoms with van der Waals surface area (Å²) in [6.07, 6.45) is 2.45. The van der Waals surface area contributed by atoms with Crippen LogP contribution in [0.25, 0.3) is 0 Å². The lowest BCUT2D eigenvalue weighted by molar-refractivity contribution is 0.421. The molecule has 90 valence electrons. The van der Waals surface area contributed by atoms with Crippen molar-refractivity contribution in [2.45, 2.75) is 19.8 Å². The Hall–Kier alpha value is -0.870. The third-order valence-corrected chi connectivity index (χ3v) is 2.96. The number of nitrogens with zero attached hydrogens (tertiary/aromatic N) is 3. The maximum Gasteiger partial charge on any atom is 0.151 e. The second-order valence-electron chi connectivity index (χ2n) is 4.22. The zero-order valence-electron chi connectivity index (χ0n) is 9.59. The Morgan fingerprint density at radius 1 is 1.44 bits per heavy atom. The minimum atomic E-state index is 0. The van der Waals surface area contributed by atoms with E-state index in [1.54, 1.807) is 0 Å². The first kappa shape index (κ1) is 13.2. The molecule has 0 spiro atoms. The summed E-state index contributed by atoms with van der Waals surface area (Å²) in [6, 6.07) is 4.05. The lowest BCUT2D eigenvalue weighted by atomic mass is 9.98. The summed E-state index contributed by atoms with van der Waals surface area (Å²) in [4.78, 5) is 2.29. The van der Waals surface area contributed by atoms with Crippen molar-refractivity contribution in [3.63, 3.8) is 0 Å². The third-order valence-electron chi connectivity index (χ3n) is 2.96. The molecular formula is C11H19ClN4. The largest absolute Gasteiger partial charge is 0.355 e. The van der Waals surface area contributed by atoms with Gasteiger partial charge in [0.05, 0.1) is 5.69 Å². The fourth-order valence-electron chi connectivity index (χ4n) is 2.03. The van der Waals surface area contributed by atoms with Gasteiger partial charge in [-0.05, 0) is 44.4 Å². The molecule has 5 heteroatoms. The van der Waals surface area contributed by atoms with E-state index in [9.17, 15) is 0 Å². The summed E-state index contributed by atoms with van der Waals surface area (Å²) < 4.78 is 0. The van der Waals surface area contributed by atoms with Crippen LogP contribution < -0.4 is 10.6 Å². The molecule has 0 saturated carbocycles. The molecule has 0 radical (unpaired) electrons. The highest BCUT2D eigenvalue weighted by atomic mass is 35.5. The van der Waals surface area contributed by atoms with Gasteiger partial charge in [-0.3, -0.25) is 0 Å². The standard InChI is InChI=1S/C11H18N4.ClH/c1-9-4-5-11(14-13-9)15-6-2-3-10(7-12)8-15;/h4-5,10H,2-3,6-8,12H2,1H3;1H. The Balaban J connectivity index is 0.00000128. The molecule has 1 saturated heterocycles. The molecule has 1 aliphatic rings. The van der Waals surface area contributed by atoms with Gasteiger partial charge in [0.2, 0.25) is 0 Å². The van der Waals surface area contributed by atoms with Gasteiger partial charge in [-0.15, -0.1) is 17.5 Å². The predicted molar refractivity (Wildman–Crippen MR) is 68.0 cm³/mol. The Bertz CT molecular complexity index is 314. The highest BCUT2D eigenvalue weighted by Gasteiger charge is 2.19. The molecule has 0 amide bonds. The van der Waals surface area contributed by atoms with E-state index in [1.807, 2.05) is 19.1 Å².